The topological polar surface area (TPSA) is 84.7 Å². The molecule has 8 heteroatoms. The number of pyridine rings is 1. The van der Waals surface area contributed by atoms with E-state index in [9.17, 15) is 9.18 Å². The third kappa shape index (κ3) is 3.78. The second-order valence-corrected chi connectivity index (χ2v) is 6.97. The highest BCUT2D eigenvalue weighted by Gasteiger charge is 2.26. The van der Waals surface area contributed by atoms with Crippen LogP contribution in [-0.2, 0) is 0 Å². The summed E-state index contributed by atoms with van der Waals surface area (Å²) in [5.41, 5.74) is 3.07. The molecule has 2 N–H and O–H groups in total. The van der Waals surface area contributed by atoms with Crippen LogP contribution in [0.5, 0.6) is 0 Å². The Morgan fingerprint density at radius 1 is 1.03 bits per heavy atom. The number of allylic oxidation sites excluding steroid dienone is 1. The van der Waals surface area contributed by atoms with Crippen LogP contribution in [0.4, 0.5) is 16.3 Å². The van der Waals surface area contributed by atoms with Gasteiger partial charge in [-0.3, -0.25) is 15.1 Å². The van der Waals surface area contributed by atoms with E-state index in [0.717, 1.165) is 16.8 Å². The summed E-state index contributed by atoms with van der Waals surface area (Å²) in [5.74, 6) is -0.0397. The number of fused-ring (bicyclic) bond motifs is 1. The lowest BCUT2D eigenvalue weighted by molar-refractivity contribution is 0.102. The number of nitrogens with one attached hydrogen (secondary N) is 2. The Balaban J connectivity index is 1.51. The zero-order valence-corrected chi connectivity index (χ0v) is 16.2. The van der Waals surface area contributed by atoms with Crippen molar-refractivity contribution in [3.63, 3.8) is 0 Å². The highest BCUT2D eigenvalue weighted by Crippen LogP contribution is 2.33. The Hall–Kier alpha value is -4.33. The average molecular weight is 412 g/mol. The number of benzene rings is 2. The average Bonchev–Trinajstić information content (AvgIpc) is 3.22. The van der Waals surface area contributed by atoms with Crippen LogP contribution in [0.15, 0.2) is 85.2 Å². The molecule has 0 radical (unpaired) electrons. The largest absolute Gasteiger partial charge is 0.324 e. The van der Waals surface area contributed by atoms with E-state index in [1.165, 1.54) is 18.3 Å². The minimum atomic E-state index is -0.356. The minimum Gasteiger partial charge on any atom is -0.324 e. The molecule has 1 aliphatic rings. The molecule has 5 rings (SSSR count). The van der Waals surface area contributed by atoms with E-state index in [1.54, 1.807) is 35.1 Å². The van der Waals surface area contributed by atoms with Crippen LogP contribution in [0.3, 0.4) is 0 Å². The summed E-state index contributed by atoms with van der Waals surface area (Å²) >= 11 is 0. The molecule has 3 heterocycles. The van der Waals surface area contributed by atoms with Crippen LogP contribution in [0.1, 0.15) is 27.5 Å². The van der Waals surface area contributed by atoms with Gasteiger partial charge < -0.3 is 5.32 Å². The summed E-state index contributed by atoms with van der Waals surface area (Å²) in [6.45, 7) is 0. The number of aromatic nitrogens is 4. The van der Waals surface area contributed by atoms with Crippen molar-refractivity contribution in [3.8, 4) is 0 Å². The Morgan fingerprint density at radius 3 is 2.58 bits per heavy atom. The van der Waals surface area contributed by atoms with Crippen LogP contribution in [0.2, 0.25) is 0 Å². The van der Waals surface area contributed by atoms with Gasteiger partial charge in [0.05, 0.1) is 5.56 Å². The Bertz CT molecular complexity index is 1250. The summed E-state index contributed by atoms with van der Waals surface area (Å²) < 4.78 is 15.2. The van der Waals surface area contributed by atoms with E-state index in [0.29, 0.717) is 11.5 Å². The summed E-state index contributed by atoms with van der Waals surface area (Å²) in [4.78, 5) is 20.9. The summed E-state index contributed by atoms with van der Waals surface area (Å²) in [6.07, 6.45) is 5.06. The van der Waals surface area contributed by atoms with Gasteiger partial charge in [-0.15, -0.1) is 5.10 Å². The van der Waals surface area contributed by atoms with E-state index < -0.39 is 0 Å². The molecule has 0 aliphatic carbocycles. The van der Waals surface area contributed by atoms with E-state index in [1.807, 2.05) is 36.4 Å². The van der Waals surface area contributed by atoms with E-state index in [4.69, 9.17) is 0 Å². The molecule has 0 spiro atoms. The van der Waals surface area contributed by atoms with Gasteiger partial charge in [-0.1, -0.05) is 42.5 Å². The first-order valence-electron chi connectivity index (χ1n) is 9.65. The predicted molar refractivity (Wildman–Crippen MR) is 115 cm³/mol. The Morgan fingerprint density at radius 2 is 1.84 bits per heavy atom. The molecule has 7 nitrogen and oxygen atoms in total. The SMILES string of the molecule is O=C(Nc1nc2n(n1)[C@@H](c1ccc(F)cc1)C=C(c1ccccc1)N2)c1cccnc1. The number of anilines is 2. The van der Waals surface area contributed by atoms with Crippen molar-refractivity contribution in [1.82, 2.24) is 19.7 Å². The van der Waals surface area contributed by atoms with E-state index in [2.05, 4.69) is 25.7 Å². The van der Waals surface area contributed by atoms with Gasteiger partial charge in [0.1, 0.15) is 11.9 Å². The standard InChI is InChI=1S/C23H17FN6O/c24-18-10-8-16(9-11-18)20-13-19(15-5-2-1-3-6-15)26-23-28-22(29-30(20)23)27-21(31)17-7-4-12-25-14-17/h1-14,20H,(H2,26,27,28,29,31)/t20-/m1/s1. The molecule has 2 aromatic carbocycles. The Labute approximate surface area is 177 Å². The van der Waals surface area contributed by atoms with Crippen molar-refractivity contribution in [2.45, 2.75) is 6.04 Å². The maximum atomic E-state index is 13.5. The van der Waals surface area contributed by atoms with Crippen molar-refractivity contribution in [1.29, 1.82) is 0 Å². The highest BCUT2D eigenvalue weighted by molar-refractivity contribution is 6.03. The third-order valence-corrected chi connectivity index (χ3v) is 4.91. The summed E-state index contributed by atoms with van der Waals surface area (Å²) in [7, 11) is 0. The van der Waals surface area contributed by atoms with Crippen LogP contribution in [0, 0.1) is 5.82 Å². The molecule has 2 aromatic heterocycles. The summed E-state index contributed by atoms with van der Waals surface area (Å²) in [6, 6.07) is 19.1. The minimum absolute atomic E-state index is 0.158. The number of amides is 1. The molecule has 0 saturated carbocycles. The Kier molecular flexibility index (Phi) is 4.72. The molecule has 31 heavy (non-hydrogen) atoms. The lowest BCUT2D eigenvalue weighted by Crippen LogP contribution is -2.20. The number of nitrogens with zero attached hydrogens (tertiary/aromatic N) is 4. The maximum Gasteiger partial charge on any atom is 0.259 e. The second-order valence-electron chi connectivity index (χ2n) is 6.97. The second kappa shape index (κ2) is 7.83. The van der Waals surface area contributed by atoms with Crippen molar-refractivity contribution in [3.05, 3.63) is 108 Å². The van der Waals surface area contributed by atoms with Gasteiger partial charge in [-0.2, -0.15) is 4.98 Å². The molecular weight excluding hydrogens is 395 g/mol. The first kappa shape index (κ1) is 18.7. The zero-order valence-electron chi connectivity index (χ0n) is 16.2. The van der Waals surface area contributed by atoms with Crippen molar-refractivity contribution < 1.29 is 9.18 Å². The number of hydrogen-bond acceptors (Lipinski definition) is 5. The third-order valence-electron chi connectivity index (χ3n) is 4.91. The molecule has 0 fully saturated rings. The van der Waals surface area contributed by atoms with Gasteiger partial charge >= 0.3 is 0 Å². The van der Waals surface area contributed by atoms with Crippen LogP contribution in [0.25, 0.3) is 5.70 Å². The summed E-state index contributed by atoms with van der Waals surface area (Å²) in [5, 5.41) is 10.5. The highest BCUT2D eigenvalue weighted by atomic mass is 19.1. The van der Waals surface area contributed by atoms with Crippen LogP contribution < -0.4 is 10.6 Å². The number of rotatable bonds is 4. The van der Waals surface area contributed by atoms with Gasteiger partial charge in [0.15, 0.2) is 0 Å². The lowest BCUT2D eigenvalue weighted by atomic mass is 10.0. The van der Waals surface area contributed by atoms with E-state index >= 15 is 0 Å². The molecule has 0 saturated heterocycles. The van der Waals surface area contributed by atoms with Crippen LogP contribution in [-0.4, -0.2) is 25.7 Å². The molecular formula is C23H17FN6O. The number of carbonyl (C=O) groups excluding carboxylic acids is 1. The molecule has 0 bridgehead atoms. The molecule has 0 unspecified atom stereocenters. The molecule has 1 aliphatic heterocycles. The smallest absolute Gasteiger partial charge is 0.259 e. The first-order valence-corrected chi connectivity index (χ1v) is 9.65. The van der Waals surface area contributed by atoms with Crippen molar-refractivity contribution in [2.24, 2.45) is 0 Å². The number of carbonyl (C=O) groups is 1. The molecule has 1 amide bonds. The van der Waals surface area contributed by atoms with Crippen molar-refractivity contribution in [2.75, 3.05) is 10.6 Å². The fourth-order valence-corrected chi connectivity index (χ4v) is 3.40. The van der Waals surface area contributed by atoms with Gasteiger partial charge in [-0.05, 0) is 41.5 Å². The first-order chi connectivity index (χ1) is 15.2. The van der Waals surface area contributed by atoms with Crippen LogP contribution >= 0.6 is 0 Å². The number of halogens is 1. The monoisotopic (exact) mass is 412 g/mol. The van der Waals surface area contributed by atoms with Gasteiger partial charge in [0.25, 0.3) is 11.9 Å². The van der Waals surface area contributed by atoms with Gasteiger partial charge in [0.2, 0.25) is 5.95 Å². The zero-order chi connectivity index (χ0) is 21.2. The fraction of sp³-hybridized carbons (Fsp3) is 0.0435. The quantitative estimate of drug-likeness (QED) is 0.527. The lowest BCUT2D eigenvalue weighted by Gasteiger charge is -2.24. The van der Waals surface area contributed by atoms with Crippen molar-refractivity contribution >= 4 is 23.5 Å². The predicted octanol–water partition coefficient (Wildman–Crippen LogP) is 4.12. The van der Waals surface area contributed by atoms with Gasteiger partial charge in [-0.25, -0.2) is 9.07 Å². The van der Waals surface area contributed by atoms with E-state index in [-0.39, 0.29) is 23.7 Å². The molecule has 152 valence electrons. The normalized spacial score (nSPS) is 14.9. The molecule has 4 aromatic rings. The molecule has 1 atom stereocenters. The maximum absolute atomic E-state index is 13.5. The number of hydrogen-bond donors (Lipinski definition) is 2. The fourth-order valence-electron chi connectivity index (χ4n) is 3.40. The van der Waals surface area contributed by atoms with Gasteiger partial charge in [0, 0.05) is 18.1 Å².